The third-order valence-corrected chi connectivity index (χ3v) is 4.94. The minimum atomic E-state index is -0.856. The van der Waals surface area contributed by atoms with Crippen LogP contribution in [-0.4, -0.2) is 30.3 Å². The number of carbonyl (C=O) groups is 1. The van der Waals surface area contributed by atoms with Crippen LogP contribution in [0.2, 0.25) is 0 Å². The van der Waals surface area contributed by atoms with Crippen molar-refractivity contribution >= 4 is 5.91 Å². The number of hydrogen-bond acceptors (Lipinski definition) is 3. The Morgan fingerprint density at radius 1 is 1.55 bits per heavy atom. The van der Waals surface area contributed by atoms with Crippen LogP contribution in [0.4, 0.5) is 0 Å². The van der Waals surface area contributed by atoms with E-state index in [-0.39, 0.29) is 23.7 Å². The van der Waals surface area contributed by atoms with E-state index in [4.69, 9.17) is 4.74 Å². The normalized spacial score (nSPS) is 24.2. The topological polar surface area (TPSA) is 58.6 Å². The van der Waals surface area contributed by atoms with Gasteiger partial charge in [-0.25, -0.2) is 0 Å². The molecule has 1 aromatic rings. The SMILES string of the molecule is CCC(C)C(C)(O)CNC(=O)C1CC1c1cccc(OC)c1. The van der Waals surface area contributed by atoms with E-state index in [9.17, 15) is 9.90 Å². The average Bonchev–Trinajstić information content (AvgIpc) is 3.32. The minimum Gasteiger partial charge on any atom is -0.497 e. The van der Waals surface area contributed by atoms with E-state index < -0.39 is 5.60 Å². The van der Waals surface area contributed by atoms with Crippen molar-refractivity contribution in [1.82, 2.24) is 5.32 Å². The fourth-order valence-electron chi connectivity index (χ4n) is 2.74. The van der Waals surface area contributed by atoms with Gasteiger partial charge in [0.2, 0.25) is 5.91 Å². The summed E-state index contributed by atoms with van der Waals surface area (Å²) >= 11 is 0. The zero-order chi connectivity index (χ0) is 16.3. The van der Waals surface area contributed by atoms with Gasteiger partial charge >= 0.3 is 0 Å². The summed E-state index contributed by atoms with van der Waals surface area (Å²) in [6, 6.07) is 7.89. The third-order valence-electron chi connectivity index (χ3n) is 4.94. The zero-order valence-electron chi connectivity index (χ0n) is 13.9. The van der Waals surface area contributed by atoms with Crippen molar-refractivity contribution in [1.29, 1.82) is 0 Å². The zero-order valence-corrected chi connectivity index (χ0v) is 13.9. The Balaban J connectivity index is 1.88. The van der Waals surface area contributed by atoms with Crippen LogP contribution < -0.4 is 10.1 Å². The quantitative estimate of drug-likeness (QED) is 0.814. The fourth-order valence-corrected chi connectivity index (χ4v) is 2.74. The second kappa shape index (κ2) is 6.69. The first kappa shape index (κ1) is 16.8. The summed E-state index contributed by atoms with van der Waals surface area (Å²) in [7, 11) is 1.65. The molecule has 1 aromatic carbocycles. The maximum Gasteiger partial charge on any atom is 0.223 e. The molecule has 1 aliphatic carbocycles. The largest absolute Gasteiger partial charge is 0.497 e. The van der Waals surface area contributed by atoms with Gasteiger partial charge in [-0.05, 0) is 42.9 Å². The number of aliphatic hydroxyl groups is 1. The monoisotopic (exact) mass is 305 g/mol. The van der Waals surface area contributed by atoms with E-state index in [0.717, 1.165) is 24.2 Å². The predicted molar refractivity (Wildman–Crippen MR) is 86.9 cm³/mol. The molecule has 0 aliphatic heterocycles. The number of ether oxygens (including phenoxy) is 1. The van der Waals surface area contributed by atoms with Crippen LogP contribution in [0.1, 0.15) is 45.1 Å². The predicted octanol–water partition coefficient (Wildman–Crippen LogP) is 2.71. The Morgan fingerprint density at radius 2 is 2.27 bits per heavy atom. The Labute approximate surface area is 132 Å². The number of nitrogens with one attached hydrogen (secondary N) is 1. The maximum absolute atomic E-state index is 12.2. The van der Waals surface area contributed by atoms with Gasteiger partial charge in [-0.15, -0.1) is 0 Å². The molecule has 22 heavy (non-hydrogen) atoms. The van der Waals surface area contributed by atoms with Gasteiger partial charge in [0.05, 0.1) is 12.7 Å². The molecule has 122 valence electrons. The van der Waals surface area contributed by atoms with Gasteiger partial charge < -0.3 is 15.2 Å². The molecule has 0 heterocycles. The van der Waals surface area contributed by atoms with Gasteiger partial charge in [-0.1, -0.05) is 32.4 Å². The second-order valence-corrected chi connectivity index (χ2v) is 6.61. The van der Waals surface area contributed by atoms with Crippen LogP contribution in [-0.2, 0) is 4.79 Å². The van der Waals surface area contributed by atoms with Gasteiger partial charge in [0.15, 0.2) is 0 Å². The number of hydrogen-bond donors (Lipinski definition) is 2. The molecule has 4 heteroatoms. The Morgan fingerprint density at radius 3 is 2.91 bits per heavy atom. The molecule has 4 atom stereocenters. The van der Waals surface area contributed by atoms with E-state index in [1.54, 1.807) is 14.0 Å². The number of rotatable bonds is 7. The van der Waals surface area contributed by atoms with E-state index >= 15 is 0 Å². The highest BCUT2D eigenvalue weighted by molar-refractivity contribution is 5.83. The molecule has 4 unspecified atom stereocenters. The number of methoxy groups -OCH3 is 1. The highest BCUT2D eigenvalue weighted by atomic mass is 16.5. The molecule has 0 saturated heterocycles. The number of carbonyl (C=O) groups excluding carboxylic acids is 1. The standard InChI is InChI=1S/C18H27NO3/c1-5-12(2)18(3,21)11-19-17(20)16-10-15(16)13-7-6-8-14(9-13)22-4/h6-9,12,15-16,21H,5,10-11H2,1-4H3,(H,19,20). The molecule has 0 radical (unpaired) electrons. The summed E-state index contributed by atoms with van der Waals surface area (Å²) in [6.07, 6.45) is 1.75. The lowest BCUT2D eigenvalue weighted by Gasteiger charge is -2.29. The molecule has 0 bridgehead atoms. The highest BCUT2D eigenvalue weighted by Gasteiger charge is 2.44. The van der Waals surface area contributed by atoms with Crippen molar-refractivity contribution in [2.75, 3.05) is 13.7 Å². The van der Waals surface area contributed by atoms with Gasteiger partial charge in [0.25, 0.3) is 0 Å². The highest BCUT2D eigenvalue weighted by Crippen LogP contribution is 2.48. The molecule has 0 spiro atoms. The number of amides is 1. The molecule has 1 aliphatic rings. The first-order chi connectivity index (χ1) is 10.4. The minimum absolute atomic E-state index is 0.0137. The van der Waals surface area contributed by atoms with E-state index in [0.29, 0.717) is 6.54 Å². The van der Waals surface area contributed by atoms with Crippen LogP contribution in [0.25, 0.3) is 0 Å². The van der Waals surface area contributed by atoms with Gasteiger partial charge in [0.1, 0.15) is 5.75 Å². The summed E-state index contributed by atoms with van der Waals surface area (Å²) in [5, 5.41) is 13.3. The summed E-state index contributed by atoms with van der Waals surface area (Å²) in [4.78, 5) is 12.2. The summed E-state index contributed by atoms with van der Waals surface area (Å²) in [5.41, 5.74) is 0.290. The van der Waals surface area contributed by atoms with Crippen molar-refractivity contribution in [3.05, 3.63) is 29.8 Å². The van der Waals surface area contributed by atoms with Crippen molar-refractivity contribution in [3.63, 3.8) is 0 Å². The van der Waals surface area contributed by atoms with Crippen LogP contribution in [0, 0.1) is 11.8 Å². The van der Waals surface area contributed by atoms with Crippen LogP contribution in [0.15, 0.2) is 24.3 Å². The first-order valence-electron chi connectivity index (χ1n) is 8.03. The molecule has 1 fully saturated rings. The molecule has 4 nitrogen and oxygen atoms in total. The van der Waals surface area contributed by atoms with Crippen molar-refractivity contribution < 1.29 is 14.6 Å². The lowest BCUT2D eigenvalue weighted by molar-refractivity contribution is -0.124. The molecule has 1 amide bonds. The smallest absolute Gasteiger partial charge is 0.223 e. The molecule has 0 aromatic heterocycles. The third kappa shape index (κ3) is 3.80. The van der Waals surface area contributed by atoms with Crippen LogP contribution in [0.3, 0.4) is 0 Å². The van der Waals surface area contributed by atoms with Gasteiger partial charge in [-0.2, -0.15) is 0 Å². The molecular formula is C18H27NO3. The number of benzene rings is 1. The molecule has 2 rings (SSSR count). The lowest BCUT2D eigenvalue weighted by Crippen LogP contribution is -2.45. The summed E-state index contributed by atoms with van der Waals surface area (Å²) in [6.45, 7) is 6.14. The van der Waals surface area contributed by atoms with Crippen molar-refractivity contribution in [2.24, 2.45) is 11.8 Å². The molecule has 1 saturated carbocycles. The van der Waals surface area contributed by atoms with Crippen molar-refractivity contribution in [3.8, 4) is 5.75 Å². The van der Waals surface area contributed by atoms with Gasteiger partial charge in [-0.3, -0.25) is 4.79 Å². The molecule has 2 N–H and O–H groups in total. The second-order valence-electron chi connectivity index (χ2n) is 6.61. The van der Waals surface area contributed by atoms with E-state index in [1.165, 1.54) is 0 Å². The Bertz CT molecular complexity index is 527. The Hall–Kier alpha value is -1.55. The summed E-state index contributed by atoms with van der Waals surface area (Å²) in [5.74, 6) is 1.30. The van der Waals surface area contributed by atoms with E-state index in [2.05, 4.69) is 5.32 Å². The first-order valence-corrected chi connectivity index (χ1v) is 8.03. The Kier molecular flexibility index (Phi) is 5.12. The average molecular weight is 305 g/mol. The van der Waals surface area contributed by atoms with Crippen LogP contribution >= 0.6 is 0 Å². The van der Waals surface area contributed by atoms with E-state index in [1.807, 2.05) is 38.1 Å². The lowest BCUT2D eigenvalue weighted by atomic mass is 9.88. The maximum atomic E-state index is 12.2. The molecular weight excluding hydrogens is 278 g/mol. The summed E-state index contributed by atoms with van der Waals surface area (Å²) < 4.78 is 5.23. The van der Waals surface area contributed by atoms with Crippen LogP contribution in [0.5, 0.6) is 5.75 Å². The fraction of sp³-hybridized carbons (Fsp3) is 0.611. The van der Waals surface area contributed by atoms with Crippen molar-refractivity contribution in [2.45, 2.75) is 45.1 Å². The van der Waals surface area contributed by atoms with Gasteiger partial charge in [0, 0.05) is 12.5 Å².